The molecule has 0 saturated heterocycles. The summed E-state index contributed by atoms with van der Waals surface area (Å²) in [5.74, 6) is -0.538. The van der Waals surface area contributed by atoms with E-state index in [0.717, 1.165) is 0 Å². The number of ether oxygens (including phenoxy) is 1. The molecular weight excluding hydrogens is 304 g/mol. The summed E-state index contributed by atoms with van der Waals surface area (Å²) in [6.45, 7) is -0.0287. The molecule has 6 heteroatoms. The molecule has 0 atom stereocenters. The Morgan fingerprint density at radius 2 is 1.73 bits per heavy atom. The van der Waals surface area contributed by atoms with Crippen LogP contribution in [0.15, 0.2) is 48.5 Å². The second-order valence-electron chi connectivity index (χ2n) is 4.53. The number of anilines is 2. The van der Waals surface area contributed by atoms with Crippen LogP contribution in [0.25, 0.3) is 0 Å². The van der Waals surface area contributed by atoms with Crippen LogP contribution in [0.5, 0.6) is 0 Å². The van der Waals surface area contributed by atoms with Crippen molar-refractivity contribution in [3.8, 4) is 0 Å². The van der Waals surface area contributed by atoms with Crippen molar-refractivity contribution in [3.63, 3.8) is 0 Å². The van der Waals surface area contributed by atoms with Gasteiger partial charge in [-0.3, -0.25) is 9.59 Å². The van der Waals surface area contributed by atoms with Crippen LogP contribution in [0, 0.1) is 0 Å². The zero-order chi connectivity index (χ0) is 15.9. The molecule has 0 aliphatic heterocycles. The van der Waals surface area contributed by atoms with Crippen LogP contribution >= 0.6 is 11.6 Å². The minimum atomic E-state index is -0.275. The van der Waals surface area contributed by atoms with Gasteiger partial charge < -0.3 is 15.4 Å². The normalized spacial score (nSPS) is 10.1. The lowest BCUT2D eigenvalue weighted by molar-refractivity contribution is -0.119. The smallest absolute Gasteiger partial charge is 0.255 e. The van der Waals surface area contributed by atoms with Crippen LogP contribution in [0.2, 0.25) is 5.02 Å². The van der Waals surface area contributed by atoms with Gasteiger partial charge in [0.2, 0.25) is 5.91 Å². The lowest BCUT2D eigenvalue weighted by Crippen LogP contribution is -2.17. The zero-order valence-electron chi connectivity index (χ0n) is 11.9. The van der Waals surface area contributed by atoms with Gasteiger partial charge >= 0.3 is 0 Å². The molecule has 0 aliphatic carbocycles. The number of carbonyl (C=O) groups is 2. The highest BCUT2D eigenvalue weighted by Crippen LogP contribution is 2.17. The van der Waals surface area contributed by atoms with Crippen molar-refractivity contribution in [2.75, 3.05) is 24.4 Å². The highest BCUT2D eigenvalue weighted by Gasteiger charge is 2.07. The minimum Gasteiger partial charge on any atom is -0.375 e. The van der Waals surface area contributed by atoms with E-state index >= 15 is 0 Å². The van der Waals surface area contributed by atoms with Crippen molar-refractivity contribution in [2.45, 2.75) is 0 Å². The molecule has 0 unspecified atom stereocenters. The SMILES string of the molecule is COCC(=O)Nc1cccc(NC(=O)c2cccc(Cl)c2)c1. The topological polar surface area (TPSA) is 67.4 Å². The van der Waals surface area contributed by atoms with Gasteiger partial charge in [0.05, 0.1) is 0 Å². The molecule has 2 amide bonds. The average molecular weight is 319 g/mol. The Balaban J connectivity index is 2.07. The Morgan fingerprint density at radius 3 is 2.41 bits per heavy atom. The third-order valence-corrected chi connectivity index (χ3v) is 3.00. The quantitative estimate of drug-likeness (QED) is 0.889. The summed E-state index contributed by atoms with van der Waals surface area (Å²) in [4.78, 5) is 23.6. The molecule has 2 aromatic rings. The van der Waals surface area contributed by atoms with E-state index in [9.17, 15) is 9.59 Å². The number of halogens is 1. The van der Waals surface area contributed by atoms with Crippen molar-refractivity contribution in [1.82, 2.24) is 0 Å². The molecule has 0 spiro atoms. The largest absolute Gasteiger partial charge is 0.375 e. The highest BCUT2D eigenvalue weighted by molar-refractivity contribution is 6.31. The number of hydrogen-bond donors (Lipinski definition) is 2. The first-order valence-corrected chi connectivity index (χ1v) is 6.92. The fourth-order valence-corrected chi connectivity index (χ4v) is 2.03. The van der Waals surface area contributed by atoms with Crippen LogP contribution in [0.3, 0.4) is 0 Å². The summed E-state index contributed by atoms with van der Waals surface area (Å²) < 4.78 is 4.75. The summed E-state index contributed by atoms with van der Waals surface area (Å²) >= 11 is 5.86. The number of methoxy groups -OCH3 is 1. The highest BCUT2D eigenvalue weighted by atomic mass is 35.5. The number of carbonyl (C=O) groups excluding carboxylic acids is 2. The van der Waals surface area contributed by atoms with E-state index in [4.69, 9.17) is 16.3 Å². The first kappa shape index (κ1) is 16.0. The van der Waals surface area contributed by atoms with E-state index in [1.54, 1.807) is 48.5 Å². The van der Waals surface area contributed by atoms with Gasteiger partial charge in [0, 0.05) is 29.1 Å². The molecule has 0 fully saturated rings. The zero-order valence-corrected chi connectivity index (χ0v) is 12.7. The van der Waals surface area contributed by atoms with Crippen molar-refractivity contribution < 1.29 is 14.3 Å². The van der Waals surface area contributed by atoms with Gasteiger partial charge in [-0.15, -0.1) is 0 Å². The predicted molar refractivity (Wildman–Crippen MR) is 86.4 cm³/mol. The molecule has 114 valence electrons. The maximum atomic E-state index is 12.1. The molecule has 22 heavy (non-hydrogen) atoms. The monoisotopic (exact) mass is 318 g/mol. The number of rotatable bonds is 5. The Labute approximate surface area is 133 Å². The summed E-state index contributed by atoms with van der Waals surface area (Å²) in [6, 6.07) is 13.5. The third-order valence-electron chi connectivity index (χ3n) is 2.77. The Kier molecular flexibility index (Phi) is 5.52. The first-order chi connectivity index (χ1) is 10.6. The molecule has 0 aliphatic rings. The van der Waals surface area contributed by atoms with Crippen molar-refractivity contribution in [1.29, 1.82) is 0 Å². The summed E-state index contributed by atoms with van der Waals surface area (Å²) in [5.41, 5.74) is 1.60. The second-order valence-corrected chi connectivity index (χ2v) is 4.96. The molecule has 2 N–H and O–H groups in total. The van der Waals surface area contributed by atoms with Gasteiger partial charge in [-0.25, -0.2) is 0 Å². The van der Waals surface area contributed by atoms with Crippen LogP contribution in [-0.4, -0.2) is 25.5 Å². The Bertz CT molecular complexity index is 689. The molecule has 2 rings (SSSR count). The van der Waals surface area contributed by atoms with Crippen LogP contribution < -0.4 is 10.6 Å². The molecule has 0 bridgehead atoms. The van der Waals surface area contributed by atoms with E-state index in [0.29, 0.717) is 22.0 Å². The van der Waals surface area contributed by atoms with E-state index in [1.165, 1.54) is 7.11 Å². The lowest BCUT2D eigenvalue weighted by atomic mass is 10.2. The molecule has 2 aromatic carbocycles. The number of amides is 2. The maximum Gasteiger partial charge on any atom is 0.255 e. The molecule has 0 aromatic heterocycles. The summed E-state index contributed by atoms with van der Waals surface area (Å²) in [5, 5.41) is 5.91. The minimum absolute atomic E-state index is 0.0287. The number of nitrogens with one attached hydrogen (secondary N) is 2. The van der Waals surface area contributed by atoms with Gasteiger partial charge in [0.15, 0.2) is 0 Å². The van der Waals surface area contributed by atoms with Crippen LogP contribution in [-0.2, 0) is 9.53 Å². The van der Waals surface area contributed by atoms with Crippen molar-refractivity contribution >= 4 is 34.8 Å². The molecule has 0 saturated carbocycles. The van der Waals surface area contributed by atoms with Crippen LogP contribution in [0.1, 0.15) is 10.4 Å². The lowest BCUT2D eigenvalue weighted by Gasteiger charge is -2.09. The predicted octanol–water partition coefficient (Wildman–Crippen LogP) is 3.18. The fraction of sp³-hybridized carbons (Fsp3) is 0.125. The van der Waals surface area contributed by atoms with Gasteiger partial charge in [-0.1, -0.05) is 23.7 Å². The fourth-order valence-electron chi connectivity index (χ4n) is 1.84. The standard InChI is InChI=1S/C16H15ClN2O3/c1-22-10-15(20)18-13-6-3-7-14(9-13)19-16(21)11-4-2-5-12(17)8-11/h2-9H,10H2,1H3,(H,18,20)(H,19,21). The van der Waals surface area contributed by atoms with Crippen molar-refractivity contribution in [2.24, 2.45) is 0 Å². The second kappa shape index (κ2) is 7.59. The Hall–Kier alpha value is -2.37. The summed E-state index contributed by atoms with van der Waals surface area (Å²) in [6.07, 6.45) is 0. The van der Waals surface area contributed by atoms with Gasteiger partial charge in [0.25, 0.3) is 5.91 Å². The van der Waals surface area contributed by atoms with E-state index in [2.05, 4.69) is 10.6 Å². The van der Waals surface area contributed by atoms with Gasteiger partial charge in [0.1, 0.15) is 6.61 Å². The Morgan fingerprint density at radius 1 is 1.05 bits per heavy atom. The molecular formula is C16H15ClN2O3. The van der Waals surface area contributed by atoms with E-state index in [-0.39, 0.29) is 18.4 Å². The molecule has 0 heterocycles. The third kappa shape index (κ3) is 4.58. The van der Waals surface area contributed by atoms with E-state index in [1.807, 2.05) is 0 Å². The van der Waals surface area contributed by atoms with Gasteiger partial charge in [-0.05, 0) is 36.4 Å². The van der Waals surface area contributed by atoms with Crippen LogP contribution in [0.4, 0.5) is 11.4 Å². The van der Waals surface area contributed by atoms with E-state index < -0.39 is 0 Å². The molecule has 0 radical (unpaired) electrons. The molecule has 5 nitrogen and oxygen atoms in total. The first-order valence-electron chi connectivity index (χ1n) is 6.54. The number of hydrogen-bond acceptors (Lipinski definition) is 3. The van der Waals surface area contributed by atoms with Crippen molar-refractivity contribution in [3.05, 3.63) is 59.1 Å². The van der Waals surface area contributed by atoms with Gasteiger partial charge in [-0.2, -0.15) is 0 Å². The number of benzene rings is 2. The average Bonchev–Trinajstić information content (AvgIpc) is 2.47. The maximum absolute atomic E-state index is 12.1. The summed E-state index contributed by atoms with van der Waals surface area (Å²) in [7, 11) is 1.45.